The maximum Gasteiger partial charge on any atom is 0.123 e. The van der Waals surface area contributed by atoms with Gasteiger partial charge in [0.1, 0.15) is 10.7 Å². The van der Waals surface area contributed by atoms with E-state index in [9.17, 15) is 0 Å². The van der Waals surface area contributed by atoms with Crippen molar-refractivity contribution in [1.29, 1.82) is 5.26 Å². The zero-order valence-corrected chi connectivity index (χ0v) is 11.6. The van der Waals surface area contributed by atoms with Crippen LogP contribution in [0, 0.1) is 23.2 Å². The van der Waals surface area contributed by atoms with Gasteiger partial charge in [-0.3, -0.25) is 0 Å². The van der Waals surface area contributed by atoms with Crippen LogP contribution in [0.2, 0.25) is 0 Å². The Morgan fingerprint density at radius 2 is 2.39 bits per heavy atom. The first-order valence-corrected chi connectivity index (χ1v) is 7.05. The zero-order chi connectivity index (χ0) is 12.5. The van der Waals surface area contributed by atoms with Crippen LogP contribution in [0.15, 0.2) is 22.9 Å². The van der Waals surface area contributed by atoms with Gasteiger partial charge in [0.25, 0.3) is 0 Å². The van der Waals surface area contributed by atoms with Gasteiger partial charge in [0.15, 0.2) is 0 Å². The van der Waals surface area contributed by atoms with Crippen LogP contribution < -0.4 is 5.32 Å². The number of nitrogens with zero attached hydrogens (tertiary/aromatic N) is 2. The fraction of sp³-hybridized carbons (Fsp3) is 0.429. The molecular formula is C14H14BrN3. The number of rotatable bonds is 1. The van der Waals surface area contributed by atoms with Crippen molar-refractivity contribution in [3.63, 3.8) is 0 Å². The topological polar surface area (TPSA) is 48.7 Å². The predicted octanol–water partition coefficient (Wildman–Crippen LogP) is 2.73. The SMILES string of the molecule is N#Cc1cc(C2=CCC3CCNCC23)cnc1Br. The number of nitrogens with one attached hydrogen (secondary N) is 1. The normalized spacial score (nSPS) is 26.3. The molecule has 1 aliphatic carbocycles. The number of halogens is 1. The van der Waals surface area contributed by atoms with Gasteiger partial charge < -0.3 is 5.32 Å². The summed E-state index contributed by atoms with van der Waals surface area (Å²) in [7, 11) is 0. The van der Waals surface area contributed by atoms with Gasteiger partial charge in [0.2, 0.25) is 0 Å². The molecule has 2 heterocycles. The molecule has 0 saturated carbocycles. The molecule has 1 aromatic heterocycles. The van der Waals surface area contributed by atoms with E-state index in [2.05, 4.69) is 38.4 Å². The third kappa shape index (κ3) is 1.98. The summed E-state index contributed by atoms with van der Waals surface area (Å²) in [4.78, 5) is 4.27. The van der Waals surface area contributed by atoms with Crippen LogP contribution in [-0.4, -0.2) is 18.1 Å². The van der Waals surface area contributed by atoms with Crippen molar-refractivity contribution in [2.45, 2.75) is 12.8 Å². The van der Waals surface area contributed by atoms with Gasteiger partial charge >= 0.3 is 0 Å². The Balaban J connectivity index is 1.94. The molecule has 0 aromatic carbocycles. The quantitative estimate of drug-likeness (QED) is 0.812. The Morgan fingerprint density at radius 3 is 3.22 bits per heavy atom. The molecule has 3 nitrogen and oxygen atoms in total. The lowest BCUT2D eigenvalue weighted by Gasteiger charge is -2.28. The summed E-state index contributed by atoms with van der Waals surface area (Å²) in [5.41, 5.74) is 3.08. The molecule has 1 N–H and O–H groups in total. The lowest BCUT2D eigenvalue weighted by molar-refractivity contribution is 0.328. The van der Waals surface area contributed by atoms with E-state index >= 15 is 0 Å². The van der Waals surface area contributed by atoms with Gasteiger partial charge in [-0.1, -0.05) is 6.08 Å². The van der Waals surface area contributed by atoms with Crippen molar-refractivity contribution in [1.82, 2.24) is 10.3 Å². The molecule has 2 aliphatic rings. The highest BCUT2D eigenvalue weighted by Crippen LogP contribution is 2.41. The minimum atomic E-state index is 0.591. The summed E-state index contributed by atoms with van der Waals surface area (Å²) < 4.78 is 0.630. The van der Waals surface area contributed by atoms with E-state index < -0.39 is 0 Å². The number of fused-ring (bicyclic) bond motifs is 1. The van der Waals surface area contributed by atoms with Crippen molar-refractivity contribution < 1.29 is 0 Å². The van der Waals surface area contributed by atoms with Crippen LogP contribution in [0.1, 0.15) is 24.0 Å². The molecule has 18 heavy (non-hydrogen) atoms. The summed E-state index contributed by atoms with van der Waals surface area (Å²) in [6, 6.07) is 4.12. The molecule has 0 radical (unpaired) electrons. The zero-order valence-electron chi connectivity index (χ0n) is 9.99. The standard InChI is InChI=1S/C14H14BrN3/c15-14-10(6-16)5-11(7-18-14)12-2-1-9-3-4-17-8-13(9)12/h2,5,7,9,13,17H,1,3-4,8H2. The van der Waals surface area contributed by atoms with Gasteiger partial charge in [-0.05, 0) is 64.4 Å². The second-order valence-corrected chi connectivity index (χ2v) is 5.68. The molecule has 1 aliphatic heterocycles. The molecular weight excluding hydrogens is 290 g/mol. The van der Waals surface area contributed by atoms with Crippen LogP contribution in [-0.2, 0) is 0 Å². The van der Waals surface area contributed by atoms with Crippen molar-refractivity contribution in [3.05, 3.63) is 34.1 Å². The van der Waals surface area contributed by atoms with Gasteiger partial charge in [0.05, 0.1) is 5.56 Å². The molecule has 4 heteroatoms. The summed E-state index contributed by atoms with van der Waals surface area (Å²) in [5, 5.41) is 12.5. The molecule has 1 fully saturated rings. The van der Waals surface area contributed by atoms with Crippen LogP contribution in [0.3, 0.4) is 0 Å². The highest BCUT2D eigenvalue weighted by Gasteiger charge is 2.32. The Kier molecular flexibility index (Phi) is 3.19. The van der Waals surface area contributed by atoms with Gasteiger partial charge in [-0.25, -0.2) is 4.98 Å². The molecule has 92 valence electrons. The van der Waals surface area contributed by atoms with Crippen molar-refractivity contribution in [2.75, 3.05) is 13.1 Å². The molecule has 2 atom stereocenters. The smallest absolute Gasteiger partial charge is 0.123 e. The van der Waals surface area contributed by atoms with Crippen LogP contribution in [0.25, 0.3) is 5.57 Å². The maximum atomic E-state index is 9.07. The second kappa shape index (κ2) is 4.83. The van der Waals surface area contributed by atoms with E-state index in [1.807, 2.05) is 12.3 Å². The minimum Gasteiger partial charge on any atom is -0.316 e. The largest absolute Gasteiger partial charge is 0.316 e. The number of hydrogen-bond acceptors (Lipinski definition) is 3. The Bertz CT molecular complexity index is 544. The number of aromatic nitrogens is 1. The molecule has 2 unspecified atom stereocenters. The highest BCUT2D eigenvalue weighted by atomic mass is 79.9. The van der Waals surface area contributed by atoms with Crippen LogP contribution in [0.5, 0.6) is 0 Å². The lowest BCUT2D eigenvalue weighted by atomic mass is 9.84. The predicted molar refractivity (Wildman–Crippen MR) is 73.7 cm³/mol. The number of hydrogen-bond donors (Lipinski definition) is 1. The van der Waals surface area contributed by atoms with Crippen LogP contribution >= 0.6 is 15.9 Å². The van der Waals surface area contributed by atoms with Gasteiger partial charge in [-0.15, -0.1) is 0 Å². The van der Waals surface area contributed by atoms with E-state index in [4.69, 9.17) is 5.26 Å². The van der Waals surface area contributed by atoms with Gasteiger partial charge in [-0.2, -0.15) is 5.26 Å². The average molecular weight is 304 g/mol. The molecule has 0 amide bonds. The summed E-state index contributed by atoms with van der Waals surface area (Å²) >= 11 is 3.30. The fourth-order valence-corrected chi connectivity index (χ4v) is 3.31. The van der Waals surface area contributed by atoms with E-state index in [1.165, 1.54) is 18.4 Å². The van der Waals surface area contributed by atoms with E-state index in [0.29, 0.717) is 16.1 Å². The number of piperidine rings is 1. The number of nitriles is 1. The summed E-state index contributed by atoms with van der Waals surface area (Å²) in [5.74, 6) is 1.36. The summed E-state index contributed by atoms with van der Waals surface area (Å²) in [6.45, 7) is 2.18. The number of pyridine rings is 1. The van der Waals surface area contributed by atoms with Crippen molar-refractivity contribution >= 4 is 21.5 Å². The molecule has 0 spiro atoms. The van der Waals surface area contributed by atoms with E-state index in [0.717, 1.165) is 24.6 Å². The van der Waals surface area contributed by atoms with Crippen molar-refractivity contribution in [3.8, 4) is 6.07 Å². The summed E-state index contributed by atoms with van der Waals surface area (Å²) in [6.07, 6.45) is 6.61. The third-order valence-corrected chi connectivity index (χ3v) is 4.59. The molecule has 3 rings (SSSR count). The first kappa shape index (κ1) is 11.9. The van der Waals surface area contributed by atoms with Crippen molar-refractivity contribution in [2.24, 2.45) is 11.8 Å². The van der Waals surface area contributed by atoms with Gasteiger partial charge in [0, 0.05) is 12.7 Å². The van der Waals surface area contributed by atoms with E-state index in [1.54, 1.807) is 0 Å². The highest BCUT2D eigenvalue weighted by molar-refractivity contribution is 9.10. The average Bonchev–Trinajstić information content (AvgIpc) is 2.83. The Hall–Kier alpha value is -1.18. The minimum absolute atomic E-state index is 0.591. The molecule has 1 aromatic rings. The maximum absolute atomic E-state index is 9.07. The Labute approximate surface area is 115 Å². The third-order valence-electron chi connectivity index (χ3n) is 3.96. The first-order chi connectivity index (χ1) is 8.79. The van der Waals surface area contributed by atoms with Crippen LogP contribution in [0.4, 0.5) is 0 Å². The monoisotopic (exact) mass is 303 g/mol. The lowest BCUT2D eigenvalue weighted by Crippen LogP contribution is -2.34. The first-order valence-electron chi connectivity index (χ1n) is 6.26. The Morgan fingerprint density at radius 1 is 1.50 bits per heavy atom. The number of allylic oxidation sites excluding steroid dienone is 1. The second-order valence-electron chi connectivity index (χ2n) is 4.93. The molecule has 1 saturated heterocycles. The fourth-order valence-electron chi connectivity index (χ4n) is 3.00. The van der Waals surface area contributed by atoms with E-state index in [-0.39, 0.29) is 0 Å². The molecule has 0 bridgehead atoms.